The summed E-state index contributed by atoms with van der Waals surface area (Å²) in [6.45, 7) is 17.6. The molecule has 0 aliphatic carbocycles. The van der Waals surface area contributed by atoms with Gasteiger partial charge in [-0.25, -0.2) is 0 Å². The number of likely N-dealkylation sites (tertiary alicyclic amines) is 2. The Morgan fingerprint density at radius 1 is 0.534 bits per heavy atom. The number of phenols is 1. The van der Waals surface area contributed by atoms with Gasteiger partial charge in [-0.1, -0.05) is 102 Å². The van der Waals surface area contributed by atoms with E-state index in [1.54, 1.807) is 69.5 Å². The number of phenolic OH excluding ortho intramolecular Hbond substituents is 1. The predicted octanol–water partition coefficient (Wildman–Crippen LogP) is 2.82. The van der Waals surface area contributed by atoms with Gasteiger partial charge in [-0.2, -0.15) is 0 Å². The Hall–Kier alpha value is -6.86. The van der Waals surface area contributed by atoms with E-state index in [0.717, 1.165) is 11.1 Å². The maximum atomic E-state index is 14.6. The highest BCUT2D eigenvalue weighted by molar-refractivity contribution is 6.01. The largest absolute Gasteiger partial charge is 0.508 e. The average molecular weight is 1010 g/mol. The summed E-state index contributed by atoms with van der Waals surface area (Å²) < 4.78 is 0. The smallest absolute Gasteiger partial charge is 0.251 e. The molecular formula is C54H76N10O9. The van der Waals surface area contributed by atoms with Gasteiger partial charge in [-0.15, -0.1) is 0 Å². The Bertz CT molecular complexity index is 2310. The van der Waals surface area contributed by atoms with Crippen LogP contribution in [-0.2, 0) is 28.8 Å². The van der Waals surface area contributed by atoms with Crippen molar-refractivity contribution < 1.29 is 43.5 Å². The highest BCUT2D eigenvalue weighted by atomic mass is 16.3. The van der Waals surface area contributed by atoms with E-state index in [-0.39, 0.29) is 37.1 Å². The van der Waals surface area contributed by atoms with Gasteiger partial charge >= 0.3 is 0 Å². The number of rotatable bonds is 18. The fourth-order valence-corrected chi connectivity index (χ4v) is 8.97. The molecule has 8 amide bonds. The summed E-state index contributed by atoms with van der Waals surface area (Å²) in [4.78, 5) is 115. The summed E-state index contributed by atoms with van der Waals surface area (Å²) in [6, 6.07) is 14.5. The second kappa shape index (κ2) is 24.2. The second-order valence-electron chi connectivity index (χ2n) is 21.5. The van der Waals surface area contributed by atoms with Gasteiger partial charge in [0.1, 0.15) is 29.9 Å². The van der Waals surface area contributed by atoms with Crippen molar-refractivity contribution in [1.82, 2.24) is 52.3 Å². The van der Waals surface area contributed by atoms with Gasteiger partial charge in [0.25, 0.3) is 11.8 Å². The molecule has 2 aliphatic heterocycles. The van der Waals surface area contributed by atoms with E-state index in [1.807, 2.05) is 74.5 Å². The summed E-state index contributed by atoms with van der Waals surface area (Å²) in [6.07, 6.45) is 0.0253. The number of benzene rings is 3. The lowest BCUT2D eigenvalue weighted by Crippen LogP contribution is -2.59. The third kappa shape index (κ3) is 14.7. The highest BCUT2D eigenvalue weighted by Gasteiger charge is 2.47. The number of hydrogen-bond acceptors (Lipinski definition) is 11. The molecule has 2 fully saturated rings. The minimum Gasteiger partial charge on any atom is -0.508 e. The van der Waals surface area contributed by atoms with Crippen LogP contribution in [0.25, 0.3) is 0 Å². The first-order chi connectivity index (χ1) is 34.2. The van der Waals surface area contributed by atoms with E-state index < -0.39 is 124 Å². The maximum Gasteiger partial charge on any atom is 0.251 e. The molecule has 19 heteroatoms. The Morgan fingerprint density at radius 2 is 0.877 bits per heavy atom. The van der Waals surface area contributed by atoms with Crippen LogP contribution >= 0.6 is 0 Å². The first kappa shape index (κ1) is 57.0. The number of carbonyl (C=O) groups is 8. The number of amides is 8. The van der Waals surface area contributed by atoms with Gasteiger partial charge in [-0.3, -0.25) is 38.4 Å². The topological polar surface area (TPSA) is 260 Å². The van der Waals surface area contributed by atoms with Crippen LogP contribution in [0.4, 0.5) is 0 Å². The predicted molar refractivity (Wildman–Crippen MR) is 277 cm³/mol. The maximum absolute atomic E-state index is 14.6. The molecule has 0 bridgehead atoms. The summed E-state index contributed by atoms with van der Waals surface area (Å²) >= 11 is 0. The molecule has 0 saturated carbocycles. The minimum absolute atomic E-state index is 0.0126. The van der Waals surface area contributed by atoms with Crippen LogP contribution in [0.15, 0.2) is 78.9 Å². The molecule has 5 rings (SSSR count). The van der Waals surface area contributed by atoms with Crippen LogP contribution in [0.2, 0.25) is 0 Å². The van der Waals surface area contributed by atoms with E-state index in [0.29, 0.717) is 0 Å². The zero-order valence-electron chi connectivity index (χ0n) is 44.2. The van der Waals surface area contributed by atoms with Crippen LogP contribution in [0, 0.1) is 10.8 Å². The van der Waals surface area contributed by atoms with Crippen molar-refractivity contribution in [3.8, 4) is 5.75 Å². The first-order valence-electron chi connectivity index (χ1n) is 25.0. The van der Waals surface area contributed by atoms with E-state index in [2.05, 4.69) is 42.5 Å². The van der Waals surface area contributed by atoms with Crippen molar-refractivity contribution in [2.75, 3.05) is 27.2 Å². The Labute approximate surface area is 429 Å². The monoisotopic (exact) mass is 1010 g/mol. The molecule has 9 N–H and O–H groups in total. The number of hydrogen-bond donors (Lipinski definition) is 9. The molecule has 2 heterocycles. The van der Waals surface area contributed by atoms with Gasteiger partial charge in [0.05, 0.1) is 24.2 Å². The Balaban J connectivity index is 1.37. The van der Waals surface area contributed by atoms with Gasteiger partial charge in [-0.05, 0) is 94.8 Å². The fourth-order valence-electron chi connectivity index (χ4n) is 8.97. The van der Waals surface area contributed by atoms with Crippen LogP contribution < -0.4 is 42.5 Å². The van der Waals surface area contributed by atoms with Crippen LogP contribution in [0.1, 0.15) is 126 Å². The van der Waals surface area contributed by atoms with Gasteiger partial charge < -0.3 is 57.4 Å². The molecule has 10 atom stereocenters. The lowest BCUT2D eigenvalue weighted by molar-refractivity contribution is -0.144. The molecule has 3 aromatic rings. The van der Waals surface area contributed by atoms with E-state index in [1.165, 1.54) is 28.0 Å². The summed E-state index contributed by atoms with van der Waals surface area (Å²) in [5, 5.41) is 34.2. The molecule has 2 saturated heterocycles. The van der Waals surface area contributed by atoms with Crippen molar-refractivity contribution in [2.45, 2.75) is 142 Å². The lowest BCUT2D eigenvalue weighted by atomic mass is 9.85. The minimum atomic E-state index is -1.05. The molecule has 0 unspecified atom stereocenters. The molecule has 0 radical (unpaired) electrons. The molecule has 2 aliphatic rings. The first-order valence-corrected chi connectivity index (χ1v) is 25.0. The molecule has 396 valence electrons. The van der Waals surface area contributed by atoms with E-state index in [4.69, 9.17) is 0 Å². The van der Waals surface area contributed by atoms with Crippen molar-refractivity contribution in [1.29, 1.82) is 0 Å². The van der Waals surface area contributed by atoms with Crippen LogP contribution in [0.5, 0.6) is 5.75 Å². The standard InChI is InChI=1S/C54H76N10O9/c1-30(34-19-15-13-16-20-34)57-49(70)41-26-38(28-63(41)51(72)43(53(5,6)7)61-45(66)32(3)55-11)59-47(68)36-23-37(25-40(65)24-36)48(69)60-39-27-42(50(71)58-31(2)35-21-17-14-18-22-35)64(29-39)52(73)44(54(8,9)10)62-46(67)33(4)56-12/h13-25,30-33,38-39,41-44,55-56,65H,26-29H2,1-12H3,(H,57,70)(H,58,71)(H,59,68)(H,60,69)(H,61,66)(H,62,67)/t30-,31-,32+,33+,38+,39+,41+,42+,43-,44-/m1/s1. The van der Waals surface area contributed by atoms with Crippen molar-refractivity contribution >= 4 is 47.3 Å². The van der Waals surface area contributed by atoms with Crippen LogP contribution in [0.3, 0.4) is 0 Å². The third-order valence-corrected chi connectivity index (χ3v) is 13.7. The number of nitrogens with one attached hydrogen (secondary N) is 8. The highest BCUT2D eigenvalue weighted by Crippen LogP contribution is 2.30. The van der Waals surface area contributed by atoms with Crippen molar-refractivity contribution in [3.63, 3.8) is 0 Å². The molecule has 0 spiro atoms. The average Bonchev–Trinajstić information content (AvgIpc) is 3.98. The third-order valence-electron chi connectivity index (χ3n) is 13.7. The van der Waals surface area contributed by atoms with Gasteiger partial charge in [0.15, 0.2) is 0 Å². The summed E-state index contributed by atoms with van der Waals surface area (Å²) in [5.74, 6) is -4.55. The Kier molecular flexibility index (Phi) is 18.9. The Morgan fingerprint density at radius 3 is 1.19 bits per heavy atom. The van der Waals surface area contributed by atoms with E-state index >= 15 is 0 Å². The van der Waals surface area contributed by atoms with Gasteiger partial charge in [0, 0.05) is 36.3 Å². The lowest BCUT2D eigenvalue weighted by Gasteiger charge is -2.36. The van der Waals surface area contributed by atoms with Crippen molar-refractivity contribution in [2.24, 2.45) is 10.8 Å². The molecule has 19 nitrogen and oxygen atoms in total. The zero-order valence-corrected chi connectivity index (χ0v) is 44.2. The SMILES string of the molecule is CN[C@@H](C)C(=O)N[C@H](C(=O)N1C[C@@H](NC(=O)c2cc(O)cc(C(=O)N[C@H]3C[C@@H](C(=O)N[C@H](C)c4ccccc4)N(C(=O)[C@@H](NC(=O)[C@H](C)NC)C(C)(C)C)C3)c2)C[C@H]1C(=O)N[C@H](C)c1ccccc1)C(C)(C)C. The van der Waals surface area contributed by atoms with E-state index in [9.17, 15) is 43.5 Å². The zero-order chi connectivity index (χ0) is 54.1. The summed E-state index contributed by atoms with van der Waals surface area (Å²) in [5.41, 5.74) is -0.0666. The number of carbonyl (C=O) groups excluding carboxylic acids is 8. The summed E-state index contributed by atoms with van der Waals surface area (Å²) in [7, 11) is 3.25. The molecule has 0 aromatic heterocycles. The molecular weight excluding hydrogens is 933 g/mol. The normalized spacial score (nSPS) is 20.3. The molecule has 3 aromatic carbocycles. The van der Waals surface area contributed by atoms with Crippen molar-refractivity contribution in [3.05, 3.63) is 101 Å². The molecule has 73 heavy (non-hydrogen) atoms. The number of likely N-dealkylation sites (N-methyl/N-ethyl adjacent to an activating group) is 2. The number of aromatic hydroxyl groups is 1. The number of nitrogens with zero attached hydrogens (tertiary/aromatic N) is 2. The quantitative estimate of drug-likeness (QED) is 0.0896. The second-order valence-corrected chi connectivity index (χ2v) is 21.5. The fraction of sp³-hybridized carbons (Fsp3) is 0.519. The van der Waals surface area contributed by atoms with Gasteiger partial charge in [0.2, 0.25) is 35.4 Å². The van der Waals surface area contributed by atoms with Crippen LogP contribution in [-0.4, -0.2) is 138 Å².